The van der Waals surface area contributed by atoms with Gasteiger partial charge in [-0.15, -0.1) is 0 Å². The van der Waals surface area contributed by atoms with Gasteiger partial charge < -0.3 is 15.2 Å². The molecule has 2 N–H and O–H groups in total. The second-order valence-electron chi connectivity index (χ2n) is 5.87. The van der Waals surface area contributed by atoms with E-state index < -0.39 is 30.1 Å². The first kappa shape index (κ1) is 17.5. The number of amides is 1. The zero-order chi connectivity index (χ0) is 18.7. The zero-order valence-corrected chi connectivity index (χ0v) is 14.1. The van der Waals surface area contributed by atoms with Crippen LogP contribution in [0.3, 0.4) is 0 Å². The molecule has 26 heavy (non-hydrogen) atoms. The molecular weight excluding hydrogens is 336 g/mol. The number of carboxylic acids is 1. The first-order valence-electron chi connectivity index (χ1n) is 8.05. The molecule has 0 saturated carbocycles. The molecule has 1 aliphatic heterocycles. The summed E-state index contributed by atoms with van der Waals surface area (Å²) in [7, 11) is 1.55. The number of ether oxygens (including phenoxy) is 1. The van der Waals surface area contributed by atoms with Gasteiger partial charge >= 0.3 is 5.97 Å². The predicted octanol–water partition coefficient (Wildman–Crippen LogP) is 1.89. The first-order chi connectivity index (χ1) is 12.5. The minimum absolute atomic E-state index is 0.281. The van der Waals surface area contributed by atoms with Crippen LogP contribution in [0.15, 0.2) is 48.5 Å². The minimum atomic E-state index is -1.19. The number of Topliss-reactive ketones (excluding diaryl/α,β-unsaturated/α-hetero) is 1. The van der Waals surface area contributed by atoms with Gasteiger partial charge in [-0.3, -0.25) is 19.3 Å². The van der Waals surface area contributed by atoms with Crippen molar-refractivity contribution in [3.63, 3.8) is 0 Å². The second-order valence-corrected chi connectivity index (χ2v) is 5.87. The van der Waals surface area contributed by atoms with Crippen LogP contribution in [0.25, 0.3) is 0 Å². The highest BCUT2D eigenvalue weighted by atomic mass is 16.5. The second kappa shape index (κ2) is 7.26. The molecule has 7 nitrogen and oxygen atoms in total. The van der Waals surface area contributed by atoms with Crippen LogP contribution in [0.5, 0.6) is 5.75 Å². The normalized spacial score (nSPS) is 14.9. The number of hydrogen-bond acceptors (Lipinski definition) is 5. The van der Waals surface area contributed by atoms with Gasteiger partial charge in [0.15, 0.2) is 0 Å². The van der Waals surface area contributed by atoms with Gasteiger partial charge in [0.1, 0.15) is 12.3 Å². The average molecular weight is 354 g/mol. The molecule has 2 aromatic rings. The van der Waals surface area contributed by atoms with Crippen molar-refractivity contribution in [3.05, 3.63) is 54.1 Å². The molecule has 1 atom stereocenters. The van der Waals surface area contributed by atoms with Gasteiger partial charge in [0.25, 0.3) is 5.91 Å². The third kappa shape index (κ3) is 3.37. The smallest absolute Gasteiger partial charge is 0.323 e. The molecular formula is C19H18N2O5. The number of aliphatic carboxylic acids is 1. The van der Waals surface area contributed by atoms with Crippen molar-refractivity contribution in [1.82, 2.24) is 0 Å². The number of rotatable bonds is 6. The summed E-state index contributed by atoms with van der Waals surface area (Å²) in [5.74, 6) is -2.69. The van der Waals surface area contributed by atoms with Crippen LogP contribution in [-0.2, 0) is 14.4 Å². The fourth-order valence-corrected chi connectivity index (χ4v) is 2.98. The fourth-order valence-electron chi connectivity index (χ4n) is 2.98. The molecule has 1 aliphatic rings. The maximum atomic E-state index is 12.8. The lowest BCUT2D eigenvalue weighted by Gasteiger charge is -2.21. The summed E-state index contributed by atoms with van der Waals surface area (Å²) in [6.45, 7) is -0.299. The molecule has 0 bridgehead atoms. The first-order valence-corrected chi connectivity index (χ1v) is 8.05. The lowest BCUT2D eigenvalue weighted by atomic mass is 9.95. The average Bonchev–Trinajstić information content (AvgIpc) is 3.08. The molecule has 3 rings (SSSR count). The maximum Gasteiger partial charge on any atom is 0.323 e. The zero-order valence-electron chi connectivity index (χ0n) is 14.1. The Labute approximate surface area is 150 Å². The molecule has 1 amide bonds. The van der Waals surface area contributed by atoms with Crippen LogP contribution < -0.4 is 15.0 Å². The fraction of sp³-hybridized carbons (Fsp3) is 0.211. The van der Waals surface area contributed by atoms with Gasteiger partial charge in [0, 0.05) is 24.0 Å². The number of fused-ring (bicyclic) bond motifs is 1. The number of nitrogens with zero attached hydrogens (tertiary/aromatic N) is 1. The van der Waals surface area contributed by atoms with Crippen molar-refractivity contribution in [2.24, 2.45) is 0 Å². The van der Waals surface area contributed by atoms with Crippen LogP contribution in [0, 0.1) is 0 Å². The van der Waals surface area contributed by atoms with Crippen LogP contribution in [0.2, 0.25) is 0 Å². The third-order valence-electron chi connectivity index (χ3n) is 4.27. The molecule has 0 aliphatic carbocycles. The molecule has 0 radical (unpaired) electrons. The third-order valence-corrected chi connectivity index (χ3v) is 4.27. The molecule has 1 heterocycles. The highest BCUT2D eigenvalue weighted by Gasteiger charge is 2.36. The molecule has 134 valence electrons. The summed E-state index contributed by atoms with van der Waals surface area (Å²) in [5, 5.41) is 12.2. The van der Waals surface area contributed by atoms with E-state index >= 15 is 0 Å². The maximum absolute atomic E-state index is 12.8. The largest absolute Gasteiger partial charge is 0.497 e. The standard InChI is InChI=1S/C19H18N2O5/c1-26-13-7-8-14-15(10-20-16(14)9-13)18(24)19(25)21(11-17(22)23)12-5-3-2-4-6-12/h2-9,15,20H,10-11H2,1H3,(H,22,23). The molecule has 1 unspecified atom stereocenters. The molecule has 0 fully saturated rings. The Morgan fingerprint density at radius 3 is 2.58 bits per heavy atom. The van der Waals surface area contributed by atoms with Crippen LogP contribution in [0.1, 0.15) is 11.5 Å². The van der Waals surface area contributed by atoms with E-state index in [-0.39, 0.29) is 6.54 Å². The summed E-state index contributed by atoms with van der Waals surface area (Å²) in [6, 6.07) is 13.5. The number of benzene rings is 2. The van der Waals surface area contributed by atoms with E-state index in [1.54, 1.807) is 55.6 Å². The van der Waals surface area contributed by atoms with Crippen molar-refractivity contribution < 1.29 is 24.2 Å². The Bertz CT molecular complexity index is 850. The highest BCUT2D eigenvalue weighted by Crippen LogP contribution is 2.35. The van der Waals surface area contributed by atoms with E-state index in [9.17, 15) is 14.4 Å². The summed E-state index contributed by atoms with van der Waals surface area (Å²) in [6.07, 6.45) is 0. The summed E-state index contributed by atoms with van der Waals surface area (Å²) >= 11 is 0. The lowest BCUT2D eigenvalue weighted by Crippen LogP contribution is -2.42. The van der Waals surface area contributed by atoms with Gasteiger partial charge in [-0.1, -0.05) is 24.3 Å². The number of para-hydroxylation sites is 1. The van der Waals surface area contributed by atoms with Gasteiger partial charge in [0.2, 0.25) is 5.78 Å². The molecule has 0 saturated heterocycles. The monoisotopic (exact) mass is 354 g/mol. The molecule has 7 heteroatoms. The Morgan fingerprint density at radius 2 is 1.92 bits per heavy atom. The minimum Gasteiger partial charge on any atom is -0.497 e. The van der Waals surface area contributed by atoms with Gasteiger partial charge in [-0.2, -0.15) is 0 Å². The van der Waals surface area contributed by atoms with Gasteiger partial charge in [-0.25, -0.2) is 0 Å². The van der Waals surface area contributed by atoms with Gasteiger partial charge in [0.05, 0.1) is 13.0 Å². The van der Waals surface area contributed by atoms with Crippen molar-refractivity contribution in [3.8, 4) is 5.75 Å². The highest BCUT2D eigenvalue weighted by molar-refractivity contribution is 6.43. The van der Waals surface area contributed by atoms with Crippen molar-refractivity contribution in [2.45, 2.75) is 5.92 Å². The Balaban J connectivity index is 1.87. The van der Waals surface area contributed by atoms with Crippen LogP contribution >= 0.6 is 0 Å². The number of nitrogens with one attached hydrogen (secondary N) is 1. The summed E-state index contributed by atoms with van der Waals surface area (Å²) in [4.78, 5) is 37.7. The van der Waals surface area contributed by atoms with Crippen molar-refractivity contribution in [2.75, 3.05) is 30.4 Å². The SMILES string of the molecule is COc1ccc2c(c1)NCC2C(=O)C(=O)N(CC(=O)O)c1ccccc1. The molecule has 0 spiro atoms. The predicted molar refractivity (Wildman–Crippen MR) is 95.7 cm³/mol. The summed E-state index contributed by atoms with van der Waals surface area (Å²) in [5.41, 5.74) is 1.81. The number of carboxylic acid groups (broad SMARTS) is 1. The van der Waals surface area contributed by atoms with E-state index in [0.29, 0.717) is 17.0 Å². The van der Waals surface area contributed by atoms with E-state index in [2.05, 4.69) is 5.32 Å². The molecule has 0 aromatic heterocycles. The number of methoxy groups -OCH3 is 1. The number of carbonyl (C=O) groups excluding carboxylic acids is 2. The number of anilines is 2. The number of ketones is 1. The van der Waals surface area contributed by atoms with E-state index in [4.69, 9.17) is 9.84 Å². The lowest BCUT2D eigenvalue weighted by molar-refractivity contribution is -0.139. The number of hydrogen-bond donors (Lipinski definition) is 2. The Morgan fingerprint density at radius 1 is 1.19 bits per heavy atom. The van der Waals surface area contributed by atoms with Crippen molar-refractivity contribution >= 4 is 29.0 Å². The van der Waals surface area contributed by atoms with E-state index in [1.165, 1.54) is 0 Å². The number of carbonyl (C=O) groups is 3. The summed E-state index contributed by atoms with van der Waals surface area (Å²) < 4.78 is 5.16. The topological polar surface area (TPSA) is 95.9 Å². The molecule has 2 aromatic carbocycles. The van der Waals surface area contributed by atoms with Gasteiger partial charge in [-0.05, 0) is 23.8 Å². The quantitative estimate of drug-likeness (QED) is 0.769. The van der Waals surface area contributed by atoms with E-state index in [0.717, 1.165) is 10.6 Å². The Kier molecular flexibility index (Phi) is 4.88. The van der Waals surface area contributed by atoms with Crippen molar-refractivity contribution in [1.29, 1.82) is 0 Å². The van der Waals surface area contributed by atoms with Crippen LogP contribution in [-0.4, -0.2) is 43.0 Å². The van der Waals surface area contributed by atoms with Crippen LogP contribution in [0.4, 0.5) is 11.4 Å². The Hall–Kier alpha value is -3.35. The van der Waals surface area contributed by atoms with E-state index in [1.807, 2.05) is 0 Å².